The molecule has 2 aromatic carbocycles. The third kappa shape index (κ3) is 6.19. The summed E-state index contributed by atoms with van der Waals surface area (Å²) >= 11 is 1.24. The van der Waals surface area contributed by atoms with Gasteiger partial charge < -0.3 is 23.7 Å². The number of ether oxygens (including phenoxy) is 5. The number of aryl methyl sites for hydroxylation is 1. The molecule has 0 fully saturated rings. The lowest BCUT2D eigenvalue weighted by Crippen LogP contribution is -2.40. The van der Waals surface area contributed by atoms with Crippen LogP contribution in [-0.4, -0.2) is 50.5 Å². The fourth-order valence-corrected chi connectivity index (χ4v) is 5.50. The quantitative estimate of drug-likeness (QED) is 0.336. The molecule has 41 heavy (non-hydrogen) atoms. The van der Waals surface area contributed by atoms with Gasteiger partial charge in [0.2, 0.25) is 0 Å². The van der Waals surface area contributed by atoms with Crippen LogP contribution in [0.3, 0.4) is 0 Å². The van der Waals surface area contributed by atoms with Crippen LogP contribution in [0.5, 0.6) is 17.2 Å². The van der Waals surface area contributed by atoms with Crippen LogP contribution in [0.1, 0.15) is 43.5 Å². The fourth-order valence-electron chi connectivity index (χ4n) is 4.46. The number of carbonyl (C=O) groups excluding carboxylic acids is 2. The second kappa shape index (κ2) is 12.9. The summed E-state index contributed by atoms with van der Waals surface area (Å²) in [4.78, 5) is 43.9. The Morgan fingerprint density at radius 2 is 1.80 bits per heavy atom. The predicted molar refractivity (Wildman–Crippen MR) is 153 cm³/mol. The fraction of sp³-hybridized carbons (Fsp3) is 0.333. The predicted octanol–water partition coefficient (Wildman–Crippen LogP) is 3.07. The van der Waals surface area contributed by atoms with Gasteiger partial charge in [-0.3, -0.25) is 9.36 Å². The topological polar surface area (TPSA) is 115 Å². The lowest BCUT2D eigenvalue weighted by molar-refractivity contribution is -0.143. The highest BCUT2D eigenvalue weighted by Gasteiger charge is 2.34. The Labute approximate surface area is 241 Å². The number of hydrogen-bond donors (Lipinski definition) is 0. The van der Waals surface area contributed by atoms with Gasteiger partial charge in [0.15, 0.2) is 22.9 Å². The molecule has 0 N–H and O–H groups in total. The monoisotopic (exact) mass is 580 g/mol. The highest BCUT2D eigenvalue weighted by atomic mass is 32.1. The van der Waals surface area contributed by atoms with E-state index in [0.29, 0.717) is 38.7 Å². The molecule has 1 aliphatic rings. The van der Waals surface area contributed by atoms with Crippen molar-refractivity contribution in [2.45, 2.75) is 33.7 Å². The molecule has 0 unspecified atom stereocenters. The number of rotatable bonds is 10. The number of methoxy groups -OCH3 is 2. The van der Waals surface area contributed by atoms with Crippen LogP contribution >= 0.6 is 11.3 Å². The molecule has 0 bridgehead atoms. The molecular weight excluding hydrogens is 548 g/mol. The van der Waals surface area contributed by atoms with Crippen molar-refractivity contribution in [2.24, 2.45) is 4.99 Å². The summed E-state index contributed by atoms with van der Waals surface area (Å²) in [5, 5.41) is 0. The molecule has 0 radical (unpaired) electrons. The molecule has 11 heteroatoms. The second-order valence-corrected chi connectivity index (χ2v) is 10.0. The Hall–Kier alpha value is -4.38. The zero-order chi connectivity index (χ0) is 29.7. The van der Waals surface area contributed by atoms with Gasteiger partial charge in [0.1, 0.15) is 5.75 Å². The summed E-state index contributed by atoms with van der Waals surface area (Å²) in [6, 6.07) is 9.84. The molecule has 3 aromatic rings. The van der Waals surface area contributed by atoms with Gasteiger partial charge in [0.25, 0.3) is 5.56 Å². The minimum atomic E-state index is -0.835. The molecule has 10 nitrogen and oxygen atoms in total. The Morgan fingerprint density at radius 3 is 2.46 bits per heavy atom. The number of fused-ring (bicyclic) bond motifs is 1. The van der Waals surface area contributed by atoms with E-state index >= 15 is 0 Å². The van der Waals surface area contributed by atoms with E-state index in [1.807, 2.05) is 38.1 Å². The van der Waals surface area contributed by atoms with Crippen LogP contribution in [0.25, 0.3) is 6.08 Å². The molecule has 0 aliphatic carbocycles. The smallest absolute Gasteiger partial charge is 0.343 e. The molecule has 1 aromatic heterocycles. The SMILES string of the molecule is CCOC(=O)C1=C(C)N=c2s/c(=C\c3ccc(OC)cc3C)c(=O)n2[C@@H]1c1ccc(OCC(=O)OC)c(OCC)c1. The Kier molecular flexibility index (Phi) is 9.28. The van der Waals surface area contributed by atoms with Gasteiger partial charge in [0.05, 0.1) is 49.3 Å². The van der Waals surface area contributed by atoms with Crippen LogP contribution in [0.4, 0.5) is 0 Å². The van der Waals surface area contributed by atoms with Crippen molar-refractivity contribution in [1.29, 1.82) is 0 Å². The summed E-state index contributed by atoms with van der Waals surface area (Å²) in [7, 11) is 2.88. The lowest BCUT2D eigenvalue weighted by atomic mass is 9.95. The molecule has 1 atom stereocenters. The molecule has 1 aliphatic heterocycles. The van der Waals surface area contributed by atoms with Gasteiger partial charge in [-0.1, -0.05) is 23.5 Å². The van der Waals surface area contributed by atoms with Crippen LogP contribution in [0, 0.1) is 6.92 Å². The van der Waals surface area contributed by atoms with Gasteiger partial charge in [-0.15, -0.1) is 0 Å². The van der Waals surface area contributed by atoms with Gasteiger partial charge in [0, 0.05) is 0 Å². The maximum Gasteiger partial charge on any atom is 0.343 e. The van der Waals surface area contributed by atoms with Gasteiger partial charge >= 0.3 is 11.9 Å². The van der Waals surface area contributed by atoms with E-state index in [9.17, 15) is 14.4 Å². The molecule has 0 saturated carbocycles. The average molecular weight is 581 g/mol. The number of carbonyl (C=O) groups is 2. The Bertz CT molecular complexity index is 1690. The minimum Gasteiger partial charge on any atom is -0.497 e. The molecule has 0 amide bonds. The van der Waals surface area contributed by atoms with Crippen LogP contribution in [0.2, 0.25) is 0 Å². The largest absolute Gasteiger partial charge is 0.497 e. The molecule has 0 spiro atoms. The molecular formula is C30H32N2O8S. The van der Waals surface area contributed by atoms with Crippen molar-refractivity contribution >= 4 is 29.4 Å². The molecule has 216 valence electrons. The summed E-state index contributed by atoms with van der Waals surface area (Å²) < 4.78 is 28.7. The summed E-state index contributed by atoms with van der Waals surface area (Å²) in [5.41, 5.74) is 2.79. The van der Waals surface area contributed by atoms with E-state index in [4.69, 9.17) is 18.9 Å². The number of hydrogen-bond acceptors (Lipinski definition) is 10. The highest BCUT2D eigenvalue weighted by Crippen LogP contribution is 2.36. The van der Waals surface area contributed by atoms with E-state index < -0.39 is 18.0 Å². The summed E-state index contributed by atoms with van der Waals surface area (Å²) in [6.45, 7) is 7.38. The first-order valence-corrected chi connectivity index (χ1v) is 13.8. The van der Waals surface area contributed by atoms with Crippen molar-refractivity contribution in [3.05, 3.63) is 84.0 Å². The third-order valence-electron chi connectivity index (χ3n) is 6.44. The maximum atomic E-state index is 13.9. The summed E-state index contributed by atoms with van der Waals surface area (Å²) in [5.74, 6) is 0.284. The highest BCUT2D eigenvalue weighted by molar-refractivity contribution is 7.07. The van der Waals surface area contributed by atoms with E-state index in [2.05, 4.69) is 9.73 Å². The second-order valence-electron chi connectivity index (χ2n) is 9.03. The van der Waals surface area contributed by atoms with E-state index in [0.717, 1.165) is 16.9 Å². The molecule has 4 rings (SSSR count). The van der Waals surface area contributed by atoms with Crippen molar-refractivity contribution < 1.29 is 33.3 Å². The van der Waals surface area contributed by atoms with Crippen molar-refractivity contribution in [2.75, 3.05) is 34.0 Å². The van der Waals surface area contributed by atoms with Gasteiger partial charge in [-0.25, -0.2) is 14.6 Å². The minimum absolute atomic E-state index is 0.161. The van der Waals surface area contributed by atoms with Crippen molar-refractivity contribution in [3.8, 4) is 17.2 Å². The first-order valence-electron chi connectivity index (χ1n) is 13.0. The first kappa shape index (κ1) is 29.6. The number of esters is 2. The number of thiazole rings is 1. The number of allylic oxidation sites excluding steroid dienone is 1. The number of aromatic nitrogens is 1. The van der Waals surface area contributed by atoms with Crippen LogP contribution < -0.4 is 29.1 Å². The van der Waals surface area contributed by atoms with Gasteiger partial charge in [-0.2, -0.15) is 0 Å². The lowest BCUT2D eigenvalue weighted by Gasteiger charge is -2.25. The standard InChI is InChI=1S/C30H32N2O8S/c1-7-38-23-14-20(10-12-22(23)40-16-25(33)37-6)27-26(29(35)39-8-2)18(4)31-30-32(27)28(34)24(41-30)15-19-9-11-21(36-5)13-17(19)3/h9-15,27H,7-8,16H2,1-6H3/b24-15-/t27-/m1/s1. The number of benzene rings is 2. The van der Waals surface area contributed by atoms with E-state index in [-0.39, 0.29) is 24.3 Å². The molecule has 0 saturated heterocycles. The first-order chi connectivity index (χ1) is 19.7. The Balaban J connectivity index is 1.90. The number of nitrogens with zero attached hydrogens (tertiary/aromatic N) is 2. The maximum absolute atomic E-state index is 13.9. The molecule has 2 heterocycles. The van der Waals surface area contributed by atoms with Crippen molar-refractivity contribution in [3.63, 3.8) is 0 Å². The van der Waals surface area contributed by atoms with Crippen molar-refractivity contribution in [1.82, 2.24) is 4.57 Å². The van der Waals surface area contributed by atoms with Gasteiger partial charge in [-0.05, 0) is 74.7 Å². The summed E-state index contributed by atoms with van der Waals surface area (Å²) in [6.07, 6.45) is 1.81. The van der Waals surface area contributed by atoms with E-state index in [1.165, 1.54) is 23.0 Å². The zero-order valence-corrected chi connectivity index (χ0v) is 24.6. The third-order valence-corrected chi connectivity index (χ3v) is 7.42. The van der Waals surface area contributed by atoms with Crippen LogP contribution in [0.15, 0.2) is 57.5 Å². The van der Waals surface area contributed by atoms with Crippen LogP contribution in [-0.2, 0) is 19.1 Å². The van der Waals surface area contributed by atoms with E-state index in [1.54, 1.807) is 39.2 Å². The zero-order valence-electron chi connectivity index (χ0n) is 23.8. The average Bonchev–Trinajstić information content (AvgIpc) is 3.26. The normalized spacial score (nSPS) is 14.7. The Morgan fingerprint density at radius 1 is 1.02 bits per heavy atom.